The van der Waals surface area contributed by atoms with E-state index in [4.69, 9.17) is 0 Å². The highest BCUT2D eigenvalue weighted by molar-refractivity contribution is 8.00. The Morgan fingerprint density at radius 2 is 2.29 bits per heavy atom. The molecule has 116 valence electrons. The quantitative estimate of drug-likeness (QED) is 0.897. The van der Waals surface area contributed by atoms with Gasteiger partial charge < -0.3 is 4.90 Å². The molecular formula is C16H24N2OS2. The number of hydrogen-bond donors (Lipinski definition) is 1. The summed E-state index contributed by atoms with van der Waals surface area (Å²) in [4.78, 5) is 15.1. The molecule has 1 saturated heterocycles. The number of nitrogens with one attached hydrogen (secondary N) is 1. The molecule has 1 N–H and O–H groups in total. The molecule has 1 aliphatic carbocycles. The van der Waals surface area contributed by atoms with E-state index in [9.17, 15) is 4.79 Å². The van der Waals surface area contributed by atoms with Crippen molar-refractivity contribution < 1.29 is 4.79 Å². The largest absolute Gasteiger partial charge is 0.320 e. The van der Waals surface area contributed by atoms with Crippen LogP contribution >= 0.6 is 23.1 Å². The minimum absolute atomic E-state index is 0.0401. The van der Waals surface area contributed by atoms with E-state index in [-0.39, 0.29) is 16.8 Å². The second-order valence-electron chi connectivity index (χ2n) is 6.46. The lowest BCUT2D eigenvalue weighted by molar-refractivity contribution is -0.133. The molecule has 2 aliphatic rings. The molecule has 1 aromatic rings. The van der Waals surface area contributed by atoms with Gasteiger partial charge in [-0.3, -0.25) is 10.1 Å². The fraction of sp³-hybridized carbons (Fsp3) is 0.688. The molecule has 3 nitrogen and oxygen atoms in total. The molecule has 0 bridgehead atoms. The van der Waals surface area contributed by atoms with Crippen LogP contribution in [0.1, 0.15) is 51.3 Å². The Hall–Kier alpha value is -0.520. The first-order valence-corrected chi connectivity index (χ1v) is 9.86. The Labute approximate surface area is 135 Å². The average molecular weight is 325 g/mol. The van der Waals surface area contributed by atoms with Gasteiger partial charge >= 0.3 is 0 Å². The third-order valence-electron chi connectivity index (χ3n) is 5.22. The molecule has 1 saturated carbocycles. The Bertz CT molecular complexity index is 507. The number of nitrogens with zero attached hydrogens (tertiary/aromatic N) is 1. The van der Waals surface area contributed by atoms with Crippen LogP contribution in [0.2, 0.25) is 0 Å². The van der Waals surface area contributed by atoms with Crippen LogP contribution in [0.4, 0.5) is 0 Å². The molecule has 0 radical (unpaired) electrons. The van der Waals surface area contributed by atoms with Crippen LogP contribution in [-0.4, -0.2) is 33.9 Å². The lowest BCUT2D eigenvalue weighted by Gasteiger charge is -2.44. The third kappa shape index (κ3) is 2.53. The number of carbonyl (C=O) groups excluding carboxylic acids is 1. The predicted octanol–water partition coefficient (Wildman–Crippen LogP) is 3.63. The van der Waals surface area contributed by atoms with E-state index in [1.54, 1.807) is 11.3 Å². The van der Waals surface area contributed by atoms with Crippen molar-refractivity contribution in [2.24, 2.45) is 0 Å². The minimum atomic E-state index is -0.421. The summed E-state index contributed by atoms with van der Waals surface area (Å²) < 4.78 is 0.282. The van der Waals surface area contributed by atoms with Crippen LogP contribution in [0.3, 0.4) is 0 Å². The SMILES string of the molecule is CCC1(C)NC(c2ccsc2)N(CC2(SC)CCC2)C1=O. The molecule has 1 amide bonds. The third-order valence-corrected chi connectivity index (χ3v) is 7.33. The number of rotatable bonds is 5. The van der Waals surface area contributed by atoms with Gasteiger partial charge in [0.1, 0.15) is 6.17 Å². The summed E-state index contributed by atoms with van der Waals surface area (Å²) in [5.41, 5.74) is 0.803. The van der Waals surface area contributed by atoms with Gasteiger partial charge in [0.25, 0.3) is 0 Å². The van der Waals surface area contributed by atoms with E-state index in [2.05, 4.69) is 40.2 Å². The second-order valence-corrected chi connectivity index (χ2v) is 8.52. The van der Waals surface area contributed by atoms with Crippen LogP contribution in [-0.2, 0) is 4.79 Å². The number of thiophene rings is 1. The van der Waals surface area contributed by atoms with Gasteiger partial charge in [-0.25, -0.2) is 0 Å². The summed E-state index contributed by atoms with van der Waals surface area (Å²) in [5, 5.41) is 7.84. The minimum Gasteiger partial charge on any atom is -0.320 e. The van der Waals surface area contributed by atoms with Crippen molar-refractivity contribution in [1.29, 1.82) is 0 Å². The fourth-order valence-corrected chi connectivity index (χ4v) is 4.94. The normalized spacial score (nSPS) is 31.5. The molecular weight excluding hydrogens is 300 g/mol. The van der Waals surface area contributed by atoms with E-state index >= 15 is 0 Å². The highest BCUT2D eigenvalue weighted by atomic mass is 32.2. The van der Waals surface area contributed by atoms with E-state index in [1.807, 2.05) is 18.7 Å². The van der Waals surface area contributed by atoms with Crippen LogP contribution in [0.5, 0.6) is 0 Å². The molecule has 5 heteroatoms. The summed E-state index contributed by atoms with van der Waals surface area (Å²) in [6, 6.07) is 2.14. The zero-order valence-corrected chi connectivity index (χ0v) is 14.6. The Morgan fingerprint density at radius 3 is 2.76 bits per heavy atom. The zero-order valence-electron chi connectivity index (χ0n) is 13.0. The van der Waals surface area contributed by atoms with Gasteiger partial charge in [0, 0.05) is 11.3 Å². The summed E-state index contributed by atoms with van der Waals surface area (Å²) in [6.07, 6.45) is 6.82. The fourth-order valence-electron chi connectivity index (χ4n) is 3.29. The van der Waals surface area contributed by atoms with Gasteiger partial charge in [0.2, 0.25) is 5.91 Å². The van der Waals surface area contributed by atoms with Crippen LogP contribution in [0.25, 0.3) is 0 Å². The summed E-state index contributed by atoms with van der Waals surface area (Å²) in [6.45, 7) is 5.00. The maximum atomic E-state index is 13.0. The highest BCUT2D eigenvalue weighted by Crippen LogP contribution is 2.46. The summed E-state index contributed by atoms with van der Waals surface area (Å²) >= 11 is 3.63. The molecule has 0 spiro atoms. The molecule has 2 atom stereocenters. The van der Waals surface area contributed by atoms with Crippen molar-refractivity contribution >= 4 is 29.0 Å². The van der Waals surface area contributed by atoms with E-state index in [0.29, 0.717) is 0 Å². The van der Waals surface area contributed by atoms with Crippen LogP contribution < -0.4 is 5.32 Å². The van der Waals surface area contributed by atoms with Gasteiger partial charge in [-0.2, -0.15) is 23.1 Å². The average Bonchev–Trinajstić information content (AvgIpc) is 3.05. The highest BCUT2D eigenvalue weighted by Gasteiger charge is 2.50. The lowest BCUT2D eigenvalue weighted by Crippen LogP contribution is -2.48. The number of carbonyl (C=O) groups is 1. The first-order valence-electron chi connectivity index (χ1n) is 7.70. The first-order chi connectivity index (χ1) is 10.0. The molecule has 2 unspecified atom stereocenters. The molecule has 1 aromatic heterocycles. The molecule has 2 heterocycles. The number of hydrogen-bond acceptors (Lipinski definition) is 4. The van der Waals surface area contributed by atoms with Gasteiger partial charge in [-0.1, -0.05) is 13.3 Å². The summed E-state index contributed by atoms with van der Waals surface area (Å²) in [7, 11) is 0. The van der Waals surface area contributed by atoms with Crippen molar-refractivity contribution in [2.75, 3.05) is 12.8 Å². The van der Waals surface area contributed by atoms with E-state index in [1.165, 1.54) is 24.8 Å². The van der Waals surface area contributed by atoms with Crippen molar-refractivity contribution in [1.82, 2.24) is 10.2 Å². The zero-order chi connectivity index (χ0) is 15.1. The van der Waals surface area contributed by atoms with Crippen LogP contribution in [0, 0.1) is 0 Å². The molecule has 2 fully saturated rings. The first kappa shape index (κ1) is 15.4. The van der Waals surface area contributed by atoms with E-state index < -0.39 is 5.54 Å². The predicted molar refractivity (Wildman–Crippen MR) is 90.7 cm³/mol. The van der Waals surface area contributed by atoms with Crippen molar-refractivity contribution in [3.63, 3.8) is 0 Å². The van der Waals surface area contributed by atoms with Gasteiger partial charge in [0.05, 0.1) is 5.54 Å². The van der Waals surface area contributed by atoms with Crippen molar-refractivity contribution in [2.45, 2.75) is 56.0 Å². The van der Waals surface area contributed by atoms with E-state index in [0.717, 1.165) is 13.0 Å². The maximum absolute atomic E-state index is 13.0. The maximum Gasteiger partial charge on any atom is 0.244 e. The Kier molecular flexibility index (Phi) is 4.10. The molecule has 21 heavy (non-hydrogen) atoms. The lowest BCUT2D eigenvalue weighted by atomic mass is 9.83. The molecule has 0 aromatic carbocycles. The molecule has 1 aliphatic heterocycles. The van der Waals surface area contributed by atoms with Gasteiger partial charge in [-0.05, 0) is 54.8 Å². The monoisotopic (exact) mass is 324 g/mol. The smallest absolute Gasteiger partial charge is 0.244 e. The van der Waals surface area contributed by atoms with Crippen LogP contribution in [0.15, 0.2) is 16.8 Å². The Balaban J connectivity index is 1.88. The number of amides is 1. The standard InChI is InChI=1S/C16H24N2OS2/c1-4-15(2)14(19)18(11-16(20-3)7-5-8-16)13(17-15)12-6-9-21-10-12/h6,9-10,13,17H,4-5,7-8,11H2,1-3H3. The molecule has 3 rings (SSSR count). The number of thioether (sulfide) groups is 1. The van der Waals surface area contributed by atoms with Gasteiger partial charge in [-0.15, -0.1) is 0 Å². The Morgan fingerprint density at radius 1 is 1.52 bits per heavy atom. The summed E-state index contributed by atoms with van der Waals surface area (Å²) in [5.74, 6) is 0.265. The van der Waals surface area contributed by atoms with Crippen molar-refractivity contribution in [3.8, 4) is 0 Å². The van der Waals surface area contributed by atoms with Crippen molar-refractivity contribution in [3.05, 3.63) is 22.4 Å². The topological polar surface area (TPSA) is 32.3 Å². The second kappa shape index (κ2) is 5.60. The van der Waals surface area contributed by atoms with Gasteiger partial charge in [0.15, 0.2) is 0 Å².